The fourth-order valence-corrected chi connectivity index (χ4v) is 4.77. The van der Waals surface area contributed by atoms with Crippen LogP contribution in [0.3, 0.4) is 0 Å². The Morgan fingerprint density at radius 2 is 2.11 bits per heavy atom. The highest BCUT2D eigenvalue weighted by molar-refractivity contribution is 7.92. The number of hydrogen-bond donors (Lipinski definition) is 1. The van der Waals surface area contributed by atoms with Crippen LogP contribution < -0.4 is 5.32 Å². The summed E-state index contributed by atoms with van der Waals surface area (Å²) >= 11 is 5.64. The fraction of sp³-hybridized carbons (Fsp3) is 0.500. The lowest BCUT2D eigenvalue weighted by molar-refractivity contribution is 0.537. The van der Waals surface area contributed by atoms with Crippen LogP contribution in [0.15, 0.2) is 23.1 Å². The van der Waals surface area contributed by atoms with E-state index in [1.54, 1.807) is 7.05 Å². The van der Waals surface area contributed by atoms with Crippen molar-refractivity contribution in [1.82, 2.24) is 5.32 Å². The van der Waals surface area contributed by atoms with Crippen molar-refractivity contribution in [2.24, 2.45) is 0 Å². The van der Waals surface area contributed by atoms with Crippen LogP contribution in [0.2, 0.25) is 5.02 Å². The standard InChI is InChI=1S/C12H15ClFNO2S/c1-15-11-3-2-4-12(11)18(16,17)8-5-6-10(14)9(13)7-8/h5-7,11-12,15H,2-4H2,1H3. The van der Waals surface area contributed by atoms with E-state index in [1.807, 2.05) is 0 Å². The minimum atomic E-state index is -3.45. The topological polar surface area (TPSA) is 46.2 Å². The van der Waals surface area contributed by atoms with Gasteiger partial charge in [0, 0.05) is 6.04 Å². The number of rotatable bonds is 3. The van der Waals surface area contributed by atoms with E-state index in [9.17, 15) is 12.8 Å². The molecule has 0 aromatic heterocycles. The van der Waals surface area contributed by atoms with Gasteiger partial charge >= 0.3 is 0 Å². The first kappa shape index (κ1) is 13.8. The summed E-state index contributed by atoms with van der Waals surface area (Å²) in [6.07, 6.45) is 2.35. The Labute approximate surface area is 111 Å². The molecule has 1 aliphatic carbocycles. The number of halogens is 2. The summed E-state index contributed by atoms with van der Waals surface area (Å²) < 4.78 is 38.0. The normalized spacial score (nSPS) is 24.4. The summed E-state index contributed by atoms with van der Waals surface area (Å²) in [7, 11) is -1.69. The molecular formula is C12H15ClFNO2S. The maximum Gasteiger partial charge on any atom is 0.182 e. The van der Waals surface area contributed by atoms with Crippen molar-refractivity contribution in [3.05, 3.63) is 29.0 Å². The van der Waals surface area contributed by atoms with Crippen LogP contribution in [-0.2, 0) is 9.84 Å². The van der Waals surface area contributed by atoms with Crippen LogP contribution in [0.4, 0.5) is 4.39 Å². The van der Waals surface area contributed by atoms with Crippen molar-refractivity contribution < 1.29 is 12.8 Å². The fourth-order valence-electron chi connectivity index (χ4n) is 2.46. The van der Waals surface area contributed by atoms with Gasteiger partial charge < -0.3 is 5.32 Å². The molecule has 0 heterocycles. The second-order valence-electron chi connectivity index (χ2n) is 4.49. The van der Waals surface area contributed by atoms with Crippen LogP contribution in [0.25, 0.3) is 0 Å². The molecule has 2 atom stereocenters. The lowest BCUT2D eigenvalue weighted by Gasteiger charge is -2.19. The Morgan fingerprint density at radius 3 is 2.72 bits per heavy atom. The van der Waals surface area contributed by atoms with Crippen LogP contribution >= 0.6 is 11.6 Å². The van der Waals surface area contributed by atoms with E-state index in [2.05, 4.69) is 5.32 Å². The van der Waals surface area contributed by atoms with Gasteiger partial charge in [0.25, 0.3) is 0 Å². The molecule has 1 aliphatic rings. The molecule has 6 heteroatoms. The Bertz CT molecular complexity index is 547. The van der Waals surface area contributed by atoms with Crippen molar-refractivity contribution in [2.75, 3.05) is 7.05 Å². The molecule has 100 valence electrons. The van der Waals surface area contributed by atoms with Gasteiger partial charge in [-0.15, -0.1) is 0 Å². The van der Waals surface area contributed by atoms with Crippen LogP contribution in [0, 0.1) is 5.82 Å². The molecule has 0 aliphatic heterocycles. The van der Waals surface area contributed by atoms with E-state index in [0.717, 1.165) is 18.9 Å². The SMILES string of the molecule is CNC1CCCC1S(=O)(=O)c1ccc(F)c(Cl)c1. The molecule has 0 bridgehead atoms. The van der Waals surface area contributed by atoms with Crippen LogP contribution in [-0.4, -0.2) is 26.8 Å². The van der Waals surface area contributed by atoms with E-state index < -0.39 is 20.9 Å². The molecule has 0 spiro atoms. The van der Waals surface area contributed by atoms with Gasteiger partial charge in [-0.2, -0.15) is 0 Å². The second-order valence-corrected chi connectivity index (χ2v) is 7.06. The maximum absolute atomic E-state index is 13.1. The van der Waals surface area contributed by atoms with E-state index >= 15 is 0 Å². The number of hydrogen-bond acceptors (Lipinski definition) is 3. The predicted octanol–water partition coefficient (Wildman–Crippen LogP) is 2.39. The molecule has 1 aromatic carbocycles. The summed E-state index contributed by atoms with van der Waals surface area (Å²) in [5.41, 5.74) is 0. The average Bonchev–Trinajstić information content (AvgIpc) is 2.81. The lowest BCUT2D eigenvalue weighted by atomic mass is 10.2. The summed E-state index contributed by atoms with van der Waals surface area (Å²) in [6.45, 7) is 0. The van der Waals surface area contributed by atoms with Gasteiger partial charge in [0.15, 0.2) is 9.84 Å². The quantitative estimate of drug-likeness (QED) is 0.870. The predicted molar refractivity (Wildman–Crippen MR) is 69.1 cm³/mol. The molecule has 1 saturated carbocycles. The van der Waals surface area contributed by atoms with E-state index in [4.69, 9.17) is 11.6 Å². The zero-order valence-corrected chi connectivity index (χ0v) is 11.6. The molecule has 18 heavy (non-hydrogen) atoms. The van der Waals surface area contributed by atoms with E-state index in [-0.39, 0.29) is 16.0 Å². The summed E-state index contributed by atoms with van der Waals surface area (Å²) in [6, 6.07) is 3.52. The largest absolute Gasteiger partial charge is 0.316 e. The van der Waals surface area contributed by atoms with E-state index in [0.29, 0.717) is 6.42 Å². The lowest BCUT2D eigenvalue weighted by Crippen LogP contribution is -2.38. The average molecular weight is 292 g/mol. The molecule has 3 nitrogen and oxygen atoms in total. The minimum Gasteiger partial charge on any atom is -0.316 e. The zero-order valence-electron chi connectivity index (χ0n) is 9.99. The zero-order chi connectivity index (χ0) is 13.3. The molecule has 1 aromatic rings. The summed E-state index contributed by atoms with van der Waals surface area (Å²) in [4.78, 5) is 0.0982. The Balaban J connectivity index is 2.38. The summed E-state index contributed by atoms with van der Waals surface area (Å²) in [5, 5.41) is 2.42. The molecule has 0 radical (unpaired) electrons. The number of nitrogens with one attached hydrogen (secondary N) is 1. The third kappa shape index (κ3) is 2.39. The first-order chi connectivity index (χ1) is 8.46. The van der Waals surface area contributed by atoms with Crippen molar-refractivity contribution in [3.8, 4) is 0 Å². The monoisotopic (exact) mass is 291 g/mol. The van der Waals surface area contributed by atoms with Crippen molar-refractivity contribution in [3.63, 3.8) is 0 Å². The third-order valence-electron chi connectivity index (χ3n) is 3.44. The molecule has 1 fully saturated rings. The van der Waals surface area contributed by atoms with Gasteiger partial charge in [0.1, 0.15) is 5.82 Å². The smallest absolute Gasteiger partial charge is 0.182 e. The minimum absolute atomic E-state index is 0.0428. The molecule has 2 rings (SSSR count). The van der Waals surface area contributed by atoms with Crippen molar-refractivity contribution in [1.29, 1.82) is 0 Å². The van der Waals surface area contributed by atoms with Gasteiger partial charge in [-0.05, 0) is 38.1 Å². The van der Waals surface area contributed by atoms with Crippen LogP contribution in [0.5, 0.6) is 0 Å². The van der Waals surface area contributed by atoms with E-state index in [1.165, 1.54) is 12.1 Å². The van der Waals surface area contributed by atoms with Gasteiger partial charge in [-0.3, -0.25) is 0 Å². The summed E-state index contributed by atoms with van der Waals surface area (Å²) in [5.74, 6) is -0.604. The number of benzene rings is 1. The van der Waals surface area contributed by atoms with Gasteiger partial charge in [-0.1, -0.05) is 18.0 Å². The maximum atomic E-state index is 13.1. The Kier molecular flexibility index (Phi) is 3.94. The highest BCUT2D eigenvalue weighted by atomic mass is 35.5. The molecular weight excluding hydrogens is 277 g/mol. The highest BCUT2D eigenvalue weighted by Gasteiger charge is 2.37. The van der Waals surface area contributed by atoms with Crippen LogP contribution in [0.1, 0.15) is 19.3 Å². The van der Waals surface area contributed by atoms with Gasteiger partial charge in [0.05, 0.1) is 15.2 Å². The van der Waals surface area contributed by atoms with Crippen molar-refractivity contribution >= 4 is 21.4 Å². The molecule has 0 amide bonds. The van der Waals surface area contributed by atoms with Gasteiger partial charge in [-0.25, -0.2) is 12.8 Å². The molecule has 0 saturated heterocycles. The Hall–Kier alpha value is -0.650. The molecule has 2 unspecified atom stereocenters. The first-order valence-electron chi connectivity index (χ1n) is 5.83. The third-order valence-corrected chi connectivity index (χ3v) is 6.00. The number of sulfone groups is 1. The Morgan fingerprint density at radius 1 is 1.39 bits per heavy atom. The first-order valence-corrected chi connectivity index (χ1v) is 7.75. The van der Waals surface area contributed by atoms with Gasteiger partial charge in [0.2, 0.25) is 0 Å². The van der Waals surface area contributed by atoms with Crippen molar-refractivity contribution in [2.45, 2.75) is 35.4 Å². The highest BCUT2D eigenvalue weighted by Crippen LogP contribution is 2.31. The molecule has 1 N–H and O–H groups in total. The second kappa shape index (κ2) is 5.15.